The number of fused-ring (bicyclic) bond motifs is 6. The Morgan fingerprint density at radius 1 is 0.897 bits per heavy atom. The third-order valence-electron chi connectivity index (χ3n) is 5.42. The first-order valence-corrected chi connectivity index (χ1v) is 9.20. The van der Waals surface area contributed by atoms with Gasteiger partial charge >= 0.3 is 5.97 Å². The van der Waals surface area contributed by atoms with Gasteiger partial charge in [0.2, 0.25) is 0 Å². The molecule has 0 saturated heterocycles. The van der Waals surface area contributed by atoms with E-state index in [1.807, 2.05) is 0 Å². The van der Waals surface area contributed by atoms with Crippen LogP contribution in [0, 0.1) is 0 Å². The number of aromatic hydroxyl groups is 2. The number of carbonyl (C=O) groups excluding carboxylic acids is 2. The summed E-state index contributed by atoms with van der Waals surface area (Å²) in [6.45, 7) is 1.78. The van der Waals surface area contributed by atoms with E-state index in [1.165, 1.54) is 24.3 Å². The van der Waals surface area contributed by atoms with Crippen LogP contribution in [0.15, 0.2) is 54.6 Å². The molecule has 0 aliphatic carbocycles. The van der Waals surface area contributed by atoms with Gasteiger partial charge in [-0.25, -0.2) is 4.79 Å². The number of benzene rings is 3. The molecule has 0 aromatic heterocycles. The molecule has 29 heavy (non-hydrogen) atoms. The van der Waals surface area contributed by atoms with Crippen molar-refractivity contribution in [2.75, 3.05) is 0 Å². The van der Waals surface area contributed by atoms with Gasteiger partial charge in [-0.3, -0.25) is 4.79 Å². The van der Waals surface area contributed by atoms with E-state index in [-0.39, 0.29) is 17.3 Å². The van der Waals surface area contributed by atoms with E-state index in [0.29, 0.717) is 45.7 Å². The molecule has 1 spiro atoms. The first kappa shape index (κ1) is 17.3. The van der Waals surface area contributed by atoms with Crippen molar-refractivity contribution in [2.24, 2.45) is 0 Å². The molecule has 2 aliphatic heterocycles. The number of esters is 1. The summed E-state index contributed by atoms with van der Waals surface area (Å²) in [6.07, 6.45) is 0.332. The number of hydrogen-bond donors (Lipinski definition) is 2. The summed E-state index contributed by atoms with van der Waals surface area (Å²) in [6, 6.07) is 14.0. The molecule has 6 nitrogen and oxygen atoms in total. The van der Waals surface area contributed by atoms with Gasteiger partial charge in [0.15, 0.2) is 11.4 Å². The smallest absolute Gasteiger partial charge is 0.340 e. The van der Waals surface area contributed by atoms with Crippen molar-refractivity contribution in [2.45, 2.75) is 18.9 Å². The Bertz CT molecular complexity index is 1160. The lowest BCUT2D eigenvalue weighted by Gasteiger charge is -2.36. The highest BCUT2D eigenvalue weighted by molar-refractivity contribution is 6.01. The zero-order valence-electron chi connectivity index (χ0n) is 15.4. The fraction of sp³-hybridized carbons (Fsp3) is 0.130. The van der Waals surface area contributed by atoms with E-state index < -0.39 is 11.6 Å². The second-order valence-electron chi connectivity index (χ2n) is 7.07. The average Bonchev–Trinajstić information content (AvgIpc) is 2.99. The van der Waals surface area contributed by atoms with Crippen LogP contribution in [0.5, 0.6) is 23.0 Å². The number of rotatable bonds is 2. The van der Waals surface area contributed by atoms with Gasteiger partial charge in [0, 0.05) is 40.8 Å². The molecule has 2 N–H and O–H groups in total. The second-order valence-corrected chi connectivity index (χ2v) is 7.07. The average molecular weight is 388 g/mol. The third kappa shape index (κ3) is 2.29. The predicted octanol–water partition coefficient (Wildman–Crippen LogP) is 4.26. The van der Waals surface area contributed by atoms with Gasteiger partial charge in [-0.1, -0.05) is 13.0 Å². The quantitative estimate of drug-likeness (QED) is 0.503. The van der Waals surface area contributed by atoms with E-state index in [4.69, 9.17) is 9.47 Å². The molecule has 2 aliphatic rings. The van der Waals surface area contributed by atoms with Crippen LogP contribution >= 0.6 is 0 Å². The second kappa shape index (κ2) is 5.85. The van der Waals surface area contributed by atoms with Gasteiger partial charge in [0.1, 0.15) is 23.0 Å². The maximum atomic E-state index is 12.8. The molecule has 0 radical (unpaired) electrons. The van der Waals surface area contributed by atoms with Crippen LogP contribution < -0.4 is 4.74 Å². The molecule has 144 valence electrons. The highest BCUT2D eigenvalue weighted by Gasteiger charge is 2.53. The zero-order valence-corrected chi connectivity index (χ0v) is 15.4. The molecule has 0 bridgehead atoms. The highest BCUT2D eigenvalue weighted by Crippen LogP contribution is 2.57. The van der Waals surface area contributed by atoms with Crippen molar-refractivity contribution in [3.8, 4) is 23.0 Å². The minimum absolute atomic E-state index is 0.0121. The summed E-state index contributed by atoms with van der Waals surface area (Å²) in [5.74, 6) is 0.0116. The SMILES string of the molecule is CCC(=O)c1ccc2c(c1)C1(OC2=O)c2ccc(O)cc2Oc2cc(O)ccc21. The van der Waals surface area contributed by atoms with Crippen molar-refractivity contribution >= 4 is 11.8 Å². The van der Waals surface area contributed by atoms with Gasteiger partial charge in [0.05, 0.1) is 5.56 Å². The number of ketones is 1. The Hall–Kier alpha value is -3.80. The van der Waals surface area contributed by atoms with E-state index in [1.54, 1.807) is 37.3 Å². The van der Waals surface area contributed by atoms with Crippen LogP contribution in [0.1, 0.15) is 50.8 Å². The van der Waals surface area contributed by atoms with Crippen LogP contribution in [0.3, 0.4) is 0 Å². The molecular weight excluding hydrogens is 372 g/mol. The van der Waals surface area contributed by atoms with Crippen molar-refractivity contribution < 1.29 is 29.3 Å². The molecule has 0 fully saturated rings. The highest BCUT2D eigenvalue weighted by atomic mass is 16.6. The topological polar surface area (TPSA) is 93.1 Å². The van der Waals surface area contributed by atoms with Crippen LogP contribution in [0.25, 0.3) is 0 Å². The minimum atomic E-state index is -1.35. The van der Waals surface area contributed by atoms with Gasteiger partial charge in [-0.15, -0.1) is 0 Å². The molecule has 0 amide bonds. The van der Waals surface area contributed by atoms with Gasteiger partial charge in [0.25, 0.3) is 0 Å². The fourth-order valence-corrected chi connectivity index (χ4v) is 4.08. The lowest BCUT2D eigenvalue weighted by Crippen LogP contribution is -2.33. The molecule has 0 saturated carbocycles. The van der Waals surface area contributed by atoms with Crippen molar-refractivity contribution in [3.63, 3.8) is 0 Å². The lowest BCUT2D eigenvalue weighted by molar-refractivity contribution is 0.0224. The number of hydrogen-bond acceptors (Lipinski definition) is 6. The maximum absolute atomic E-state index is 12.8. The van der Waals surface area contributed by atoms with Crippen molar-refractivity contribution in [1.82, 2.24) is 0 Å². The maximum Gasteiger partial charge on any atom is 0.340 e. The van der Waals surface area contributed by atoms with Crippen LogP contribution in [-0.4, -0.2) is 22.0 Å². The zero-order chi connectivity index (χ0) is 20.3. The van der Waals surface area contributed by atoms with Crippen molar-refractivity contribution in [3.05, 3.63) is 82.4 Å². The van der Waals surface area contributed by atoms with Crippen molar-refractivity contribution in [1.29, 1.82) is 0 Å². The molecular formula is C23H16O6. The van der Waals surface area contributed by atoms with Gasteiger partial charge in [-0.2, -0.15) is 0 Å². The van der Waals surface area contributed by atoms with Crippen LogP contribution in [0.2, 0.25) is 0 Å². The standard InChI is InChI=1S/C23H16O6/c1-2-19(26)12-3-6-15-18(9-12)23(29-22(15)27)16-7-4-13(24)10-20(16)28-21-11-14(25)5-8-17(21)23/h3-11,24-25H,2H2,1H3. The monoisotopic (exact) mass is 388 g/mol. The summed E-state index contributed by atoms with van der Waals surface area (Å²) in [5.41, 5.74) is 1.09. The summed E-state index contributed by atoms with van der Waals surface area (Å²) in [5, 5.41) is 19.9. The fourth-order valence-electron chi connectivity index (χ4n) is 4.08. The van der Waals surface area contributed by atoms with Gasteiger partial charge in [-0.05, 0) is 36.4 Å². The third-order valence-corrected chi connectivity index (χ3v) is 5.42. The number of carbonyl (C=O) groups is 2. The lowest BCUT2D eigenvalue weighted by atomic mass is 9.77. The van der Waals surface area contributed by atoms with Gasteiger partial charge < -0.3 is 19.7 Å². The number of Topliss-reactive ketones (excluding diaryl/α,β-unsaturated/α-hetero) is 1. The minimum Gasteiger partial charge on any atom is -0.508 e. The summed E-state index contributed by atoms with van der Waals surface area (Å²) >= 11 is 0. The molecule has 2 heterocycles. The summed E-state index contributed by atoms with van der Waals surface area (Å²) in [7, 11) is 0. The first-order chi connectivity index (χ1) is 13.9. The number of ether oxygens (including phenoxy) is 2. The van der Waals surface area contributed by atoms with E-state index in [9.17, 15) is 19.8 Å². The summed E-state index contributed by atoms with van der Waals surface area (Å²) in [4.78, 5) is 25.1. The molecule has 0 atom stereocenters. The molecule has 0 unspecified atom stereocenters. The Morgan fingerprint density at radius 2 is 1.52 bits per heavy atom. The van der Waals surface area contributed by atoms with E-state index in [2.05, 4.69) is 0 Å². The molecule has 6 heteroatoms. The normalized spacial score (nSPS) is 15.1. The van der Waals surface area contributed by atoms with Crippen LogP contribution in [0.4, 0.5) is 0 Å². The predicted molar refractivity (Wildman–Crippen MR) is 103 cm³/mol. The van der Waals surface area contributed by atoms with E-state index in [0.717, 1.165) is 0 Å². The molecule has 3 aromatic carbocycles. The largest absolute Gasteiger partial charge is 0.508 e. The Kier molecular flexibility index (Phi) is 3.49. The Labute approximate surface area is 165 Å². The number of phenolic OH excluding ortho intramolecular Hbond substituents is 2. The first-order valence-electron chi connectivity index (χ1n) is 9.20. The molecule has 3 aromatic rings. The molecule has 5 rings (SSSR count). The van der Waals surface area contributed by atoms with Crippen LogP contribution in [-0.2, 0) is 10.3 Å². The summed E-state index contributed by atoms with van der Waals surface area (Å²) < 4.78 is 11.9. The Morgan fingerprint density at radius 3 is 2.10 bits per heavy atom. The number of phenols is 2. The van der Waals surface area contributed by atoms with E-state index >= 15 is 0 Å². The Balaban J connectivity index is 1.87.